The number of aryl methyl sites for hydroxylation is 1. The van der Waals surface area contributed by atoms with Crippen molar-refractivity contribution >= 4 is 5.78 Å². The van der Waals surface area contributed by atoms with Crippen LogP contribution in [0, 0.1) is 6.92 Å². The number of Topliss-reactive ketones (excluding diaryl/α,β-unsaturated/α-hetero) is 1. The molecule has 0 saturated carbocycles. The molecule has 0 aromatic heterocycles. The first-order valence-corrected chi connectivity index (χ1v) is 6.21. The molecule has 2 N–H and O–H groups in total. The fourth-order valence-electron chi connectivity index (χ4n) is 1.81. The van der Waals surface area contributed by atoms with Crippen LogP contribution in [0.15, 0.2) is 48.5 Å². The topological polar surface area (TPSA) is 52.3 Å². The molecule has 2 aromatic carbocycles. The second-order valence-corrected chi connectivity index (χ2v) is 4.37. The second-order valence-electron chi connectivity index (χ2n) is 4.37. The van der Waals surface area contributed by atoms with E-state index in [1.807, 2.05) is 37.3 Å². The zero-order chi connectivity index (χ0) is 13.7. The Labute approximate surface area is 113 Å². The van der Waals surface area contributed by atoms with Gasteiger partial charge in [-0.05, 0) is 30.2 Å². The fraction of sp³-hybridized carbons (Fsp3) is 0.188. The van der Waals surface area contributed by atoms with E-state index in [0.717, 1.165) is 5.56 Å². The first-order valence-electron chi connectivity index (χ1n) is 6.21. The highest BCUT2D eigenvalue weighted by molar-refractivity contribution is 5.97. The van der Waals surface area contributed by atoms with Crippen LogP contribution in [0.1, 0.15) is 21.5 Å². The normalized spacial score (nSPS) is 10.2. The largest absolute Gasteiger partial charge is 0.489 e. The number of benzene rings is 2. The predicted octanol–water partition coefficient (Wildman–Crippen LogP) is 2.72. The third-order valence-electron chi connectivity index (χ3n) is 3.00. The van der Waals surface area contributed by atoms with E-state index < -0.39 is 0 Å². The first kappa shape index (κ1) is 13.3. The predicted molar refractivity (Wildman–Crippen MR) is 75.3 cm³/mol. The van der Waals surface area contributed by atoms with E-state index in [1.165, 1.54) is 5.56 Å². The quantitative estimate of drug-likeness (QED) is 0.836. The average Bonchev–Trinajstić information content (AvgIpc) is 2.46. The Morgan fingerprint density at radius 2 is 1.95 bits per heavy atom. The Morgan fingerprint density at radius 3 is 2.68 bits per heavy atom. The van der Waals surface area contributed by atoms with Crippen LogP contribution in [0.2, 0.25) is 0 Å². The molecule has 0 aliphatic carbocycles. The van der Waals surface area contributed by atoms with Gasteiger partial charge in [0.2, 0.25) is 0 Å². The van der Waals surface area contributed by atoms with Gasteiger partial charge in [0.05, 0.1) is 6.54 Å². The Kier molecular flexibility index (Phi) is 4.31. The molecule has 2 aromatic rings. The number of rotatable bonds is 5. The Morgan fingerprint density at radius 1 is 1.16 bits per heavy atom. The summed E-state index contributed by atoms with van der Waals surface area (Å²) in [7, 11) is 0. The SMILES string of the molecule is Cc1ccccc1COc1cccc(C(=O)CN)c1. The van der Waals surface area contributed by atoms with Crippen LogP contribution in [-0.2, 0) is 6.61 Å². The maximum Gasteiger partial charge on any atom is 0.176 e. The maximum atomic E-state index is 11.5. The summed E-state index contributed by atoms with van der Waals surface area (Å²) in [4.78, 5) is 11.5. The van der Waals surface area contributed by atoms with Gasteiger partial charge >= 0.3 is 0 Å². The highest BCUT2D eigenvalue weighted by Crippen LogP contribution is 2.16. The summed E-state index contributed by atoms with van der Waals surface area (Å²) >= 11 is 0. The molecule has 3 nitrogen and oxygen atoms in total. The molecule has 19 heavy (non-hydrogen) atoms. The van der Waals surface area contributed by atoms with Crippen LogP contribution in [-0.4, -0.2) is 12.3 Å². The van der Waals surface area contributed by atoms with E-state index in [1.54, 1.807) is 18.2 Å². The van der Waals surface area contributed by atoms with E-state index >= 15 is 0 Å². The van der Waals surface area contributed by atoms with Crippen molar-refractivity contribution in [2.24, 2.45) is 5.73 Å². The number of ketones is 1. The minimum absolute atomic E-state index is 0.0151. The van der Waals surface area contributed by atoms with E-state index in [9.17, 15) is 4.79 Å². The summed E-state index contributed by atoms with van der Waals surface area (Å²) < 4.78 is 5.72. The van der Waals surface area contributed by atoms with Gasteiger partial charge in [-0.1, -0.05) is 36.4 Å². The lowest BCUT2D eigenvalue weighted by Crippen LogP contribution is -2.13. The van der Waals surface area contributed by atoms with Crippen molar-refractivity contribution in [1.29, 1.82) is 0 Å². The van der Waals surface area contributed by atoms with E-state index in [2.05, 4.69) is 0 Å². The number of carbonyl (C=O) groups is 1. The first-order chi connectivity index (χ1) is 9.20. The van der Waals surface area contributed by atoms with Crippen LogP contribution in [0.5, 0.6) is 5.75 Å². The zero-order valence-electron chi connectivity index (χ0n) is 10.9. The average molecular weight is 255 g/mol. The van der Waals surface area contributed by atoms with Crippen molar-refractivity contribution in [2.75, 3.05) is 6.54 Å². The summed E-state index contributed by atoms with van der Waals surface area (Å²) in [6.45, 7) is 2.56. The van der Waals surface area contributed by atoms with Gasteiger partial charge < -0.3 is 10.5 Å². The van der Waals surface area contributed by atoms with Crippen molar-refractivity contribution in [2.45, 2.75) is 13.5 Å². The van der Waals surface area contributed by atoms with Crippen molar-refractivity contribution in [1.82, 2.24) is 0 Å². The summed E-state index contributed by atoms with van der Waals surface area (Å²) in [5, 5.41) is 0. The molecule has 0 spiro atoms. The second kappa shape index (κ2) is 6.16. The number of carbonyl (C=O) groups excluding carboxylic acids is 1. The monoisotopic (exact) mass is 255 g/mol. The van der Waals surface area contributed by atoms with Crippen LogP contribution >= 0.6 is 0 Å². The van der Waals surface area contributed by atoms with Gasteiger partial charge in [-0.15, -0.1) is 0 Å². The smallest absolute Gasteiger partial charge is 0.176 e. The molecule has 3 heteroatoms. The zero-order valence-corrected chi connectivity index (χ0v) is 10.9. The van der Waals surface area contributed by atoms with Gasteiger partial charge in [0, 0.05) is 5.56 Å². The van der Waals surface area contributed by atoms with Gasteiger partial charge in [0.25, 0.3) is 0 Å². The maximum absolute atomic E-state index is 11.5. The molecule has 0 aliphatic heterocycles. The van der Waals surface area contributed by atoms with Crippen molar-refractivity contribution < 1.29 is 9.53 Å². The minimum Gasteiger partial charge on any atom is -0.489 e. The van der Waals surface area contributed by atoms with Gasteiger partial charge in [0.1, 0.15) is 12.4 Å². The van der Waals surface area contributed by atoms with Crippen molar-refractivity contribution in [3.63, 3.8) is 0 Å². The number of nitrogens with two attached hydrogens (primary N) is 1. The molecule has 0 amide bonds. The van der Waals surface area contributed by atoms with Crippen LogP contribution in [0.25, 0.3) is 0 Å². The molecule has 0 aliphatic rings. The number of hydrogen-bond acceptors (Lipinski definition) is 3. The van der Waals surface area contributed by atoms with Crippen LogP contribution in [0.3, 0.4) is 0 Å². The van der Waals surface area contributed by atoms with Crippen molar-refractivity contribution in [3.05, 3.63) is 65.2 Å². The third-order valence-corrected chi connectivity index (χ3v) is 3.00. The molecule has 0 saturated heterocycles. The lowest BCUT2D eigenvalue weighted by molar-refractivity contribution is 0.100. The fourth-order valence-corrected chi connectivity index (χ4v) is 1.81. The lowest BCUT2D eigenvalue weighted by atomic mass is 10.1. The Balaban J connectivity index is 2.08. The Hall–Kier alpha value is -2.13. The molecule has 0 fully saturated rings. The van der Waals surface area contributed by atoms with E-state index in [0.29, 0.717) is 17.9 Å². The van der Waals surface area contributed by atoms with Gasteiger partial charge in [0.15, 0.2) is 5.78 Å². The van der Waals surface area contributed by atoms with Crippen molar-refractivity contribution in [3.8, 4) is 5.75 Å². The van der Waals surface area contributed by atoms with Gasteiger partial charge in [-0.2, -0.15) is 0 Å². The summed E-state index contributed by atoms with van der Waals surface area (Å²) in [6, 6.07) is 15.2. The molecule has 0 atom stereocenters. The van der Waals surface area contributed by atoms with Gasteiger partial charge in [-0.25, -0.2) is 0 Å². The van der Waals surface area contributed by atoms with Gasteiger partial charge in [-0.3, -0.25) is 4.79 Å². The van der Waals surface area contributed by atoms with Crippen LogP contribution in [0.4, 0.5) is 0 Å². The molecule has 2 rings (SSSR count). The highest BCUT2D eigenvalue weighted by atomic mass is 16.5. The molecule has 0 heterocycles. The third kappa shape index (κ3) is 3.42. The molecule has 98 valence electrons. The Bertz CT molecular complexity index is 578. The minimum atomic E-state index is -0.0821. The van der Waals surface area contributed by atoms with Crippen LogP contribution < -0.4 is 10.5 Å². The molecule has 0 radical (unpaired) electrons. The molecule has 0 bridgehead atoms. The molecule has 0 unspecified atom stereocenters. The lowest BCUT2D eigenvalue weighted by Gasteiger charge is -2.09. The summed E-state index contributed by atoms with van der Waals surface area (Å²) in [5.74, 6) is 0.601. The van der Waals surface area contributed by atoms with E-state index in [-0.39, 0.29) is 12.3 Å². The standard InChI is InChI=1S/C16H17NO2/c1-12-5-2-3-6-14(12)11-19-15-8-4-7-13(9-15)16(18)10-17/h2-9H,10-11,17H2,1H3. The number of ether oxygens (including phenoxy) is 1. The highest BCUT2D eigenvalue weighted by Gasteiger charge is 2.05. The summed E-state index contributed by atoms with van der Waals surface area (Å²) in [6.07, 6.45) is 0. The number of hydrogen-bond donors (Lipinski definition) is 1. The van der Waals surface area contributed by atoms with E-state index in [4.69, 9.17) is 10.5 Å². The molecular formula is C16H17NO2. The summed E-state index contributed by atoms with van der Waals surface area (Å²) in [5.41, 5.74) is 8.26. The molecular weight excluding hydrogens is 238 g/mol.